The third-order valence-corrected chi connectivity index (χ3v) is 4.06. The molecule has 7 heteroatoms. The molecule has 0 radical (unpaired) electrons. The van der Waals surface area contributed by atoms with Gasteiger partial charge in [-0.25, -0.2) is 0 Å². The number of para-hydroxylation sites is 1. The van der Waals surface area contributed by atoms with E-state index in [1.54, 1.807) is 36.2 Å². The highest BCUT2D eigenvalue weighted by atomic mass is 32.2. The molecule has 1 amide bonds. The van der Waals surface area contributed by atoms with Crippen LogP contribution in [0.2, 0.25) is 0 Å². The minimum absolute atomic E-state index is 0.117. The third-order valence-electron chi connectivity index (χ3n) is 3.12. The van der Waals surface area contributed by atoms with Crippen LogP contribution in [0.25, 0.3) is 11.8 Å². The zero-order valence-corrected chi connectivity index (χ0v) is 14.7. The quantitative estimate of drug-likeness (QED) is 0.449. The fourth-order valence-electron chi connectivity index (χ4n) is 1.97. The van der Waals surface area contributed by atoms with Gasteiger partial charge in [0, 0.05) is 30.7 Å². The highest BCUT2D eigenvalue weighted by Gasteiger charge is 2.14. The van der Waals surface area contributed by atoms with Crippen molar-refractivity contribution >= 4 is 41.3 Å². The lowest BCUT2D eigenvalue weighted by Gasteiger charge is -2.06. The minimum atomic E-state index is -0.117. The van der Waals surface area contributed by atoms with Crippen molar-refractivity contribution in [2.24, 2.45) is 4.99 Å². The molecule has 0 bridgehead atoms. The first-order valence-electron chi connectivity index (χ1n) is 7.50. The monoisotopic (exact) mass is 353 g/mol. The number of thioether (sulfide) groups is 1. The summed E-state index contributed by atoms with van der Waals surface area (Å²) in [6.45, 7) is 7.57. The van der Waals surface area contributed by atoms with Crippen molar-refractivity contribution in [3.05, 3.63) is 61.5 Å². The maximum absolute atomic E-state index is 12.1. The molecule has 2 aromatic rings. The fraction of sp³-hybridized carbons (Fsp3) is 0.111. The second-order valence-corrected chi connectivity index (χ2v) is 5.74. The number of nitrogens with one attached hydrogen (secondary N) is 1. The Labute approximate surface area is 151 Å². The van der Waals surface area contributed by atoms with Crippen LogP contribution in [0.3, 0.4) is 0 Å². The Morgan fingerprint density at radius 3 is 2.72 bits per heavy atom. The smallest absolute Gasteiger partial charge is 0.234 e. The molecule has 0 aliphatic carbocycles. The Kier molecular flexibility index (Phi) is 6.91. The highest BCUT2D eigenvalue weighted by molar-refractivity contribution is 7.99. The number of anilines is 1. The number of amides is 1. The summed E-state index contributed by atoms with van der Waals surface area (Å²) in [5.74, 6) is 0.689. The largest absolute Gasteiger partial charge is 0.325 e. The number of rotatable bonds is 8. The van der Waals surface area contributed by atoms with Crippen LogP contribution in [0.1, 0.15) is 5.82 Å². The van der Waals surface area contributed by atoms with E-state index in [0.717, 1.165) is 11.3 Å². The van der Waals surface area contributed by atoms with Crippen molar-refractivity contribution in [3.63, 3.8) is 0 Å². The Bertz CT molecular complexity index is 808. The van der Waals surface area contributed by atoms with Gasteiger partial charge in [-0.15, -0.1) is 10.2 Å². The Balaban J connectivity index is 2.09. The molecular formula is C18H19N5OS. The van der Waals surface area contributed by atoms with Gasteiger partial charge >= 0.3 is 0 Å². The molecule has 0 saturated heterocycles. The Morgan fingerprint density at radius 2 is 2.08 bits per heavy atom. The maximum atomic E-state index is 12.1. The molecular weight excluding hydrogens is 334 g/mol. The topological polar surface area (TPSA) is 72.2 Å². The zero-order chi connectivity index (χ0) is 18.1. The molecule has 1 aromatic carbocycles. The van der Waals surface area contributed by atoms with Crippen LogP contribution in [0.5, 0.6) is 0 Å². The number of benzene rings is 1. The summed E-state index contributed by atoms with van der Waals surface area (Å²) >= 11 is 1.28. The molecule has 0 aliphatic rings. The van der Waals surface area contributed by atoms with E-state index in [-0.39, 0.29) is 11.7 Å². The summed E-state index contributed by atoms with van der Waals surface area (Å²) < 4.78 is 1.72. The van der Waals surface area contributed by atoms with Gasteiger partial charge in [0.1, 0.15) is 0 Å². The fourth-order valence-corrected chi connectivity index (χ4v) is 2.71. The number of aliphatic imine (C=N–C) groups is 1. The first kappa shape index (κ1) is 18.4. The summed E-state index contributed by atoms with van der Waals surface area (Å²) in [7, 11) is 1.68. The first-order valence-corrected chi connectivity index (χ1v) is 8.48. The van der Waals surface area contributed by atoms with Crippen LogP contribution in [-0.2, 0) is 4.79 Å². The Hall–Kier alpha value is -2.93. The number of allylic oxidation sites excluding steroid dienone is 3. The van der Waals surface area contributed by atoms with E-state index in [9.17, 15) is 4.79 Å². The summed E-state index contributed by atoms with van der Waals surface area (Å²) in [6, 6.07) is 9.30. The van der Waals surface area contributed by atoms with Crippen molar-refractivity contribution in [3.8, 4) is 0 Å². The van der Waals surface area contributed by atoms with Crippen LogP contribution >= 0.6 is 11.8 Å². The van der Waals surface area contributed by atoms with E-state index >= 15 is 0 Å². The van der Waals surface area contributed by atoms with E-state index in [4.69, 9.17) is 0 Å². The number of hydrogen-bond donors (Lipinski definition) is 1. The predicted molar refractivity (Wildman–Crippen MR) is 105 cm³/mol. The van der Waals surface area contributed by atoms with Gasteiger partial charge in [0.05, 0.1) is 5.75 Å². The van der Waals surface area contributed by atoms with Crippen molar-refractivity contribution in [2.45, 2.75) is 5.16 Å². The summed E-state index contributed by atoms with van der Waals surface area (Å²) in [5, 5.41) is 11.7. The van der Waals surface area contributed by atoms with Gasteiger partial charge in [-0.3, -0.25) is 14.4 Å². The zero-order valence-electron chi connectivity index (χ0n) is 13.9. The molecule has 1 aromatic heterocycles. The van der Waals surface area contributed by atoms with E-state index in [1.165, 1.54) is 11.8 Å². The van der Waals surface area contributed by atoms with E-state index in [0.29, 0.717) is 11.0 Å². The summed E-state index contributed by atoms with van der Waals surface area (Å²) in [4.78, 5) is 16.0. The second-order valence-electron chi connectivity index (χ2n) is 4.80. The second kappa shape index (κ2) is 9.39. The third kappa shape index (κ3) is 5.02. The number of carbonyl (C=O) groups excluding carboxylic acids is 1. The molecule has 0 unspecified atom stereocenters. The minimum Gasteiger partial charge on any atom is -0.325 e. The SMILES string of the molecule is C=CC(=CC=NC)c1nnc(SCC(=O)Nc2ccccc2)n1C=C. The molecule has 6 nitrogen and oxygen atoms in total. The molecule has 2 rings (SSSR count). The number of hydrogen-bond acceptors (Lipinski definition) is 5. The molecule has 0 aliphatic heterocycles. The van der Waals surface area contributed by atoms with Crippen LogP contribution in [0.15, 0.2) is 65.8 Å². The molecule has 1 heterocycles. The van der Waals surface area contributed by atoms with Crippen LogP contribution in [0.4, 0.5) is 5.69 Å². The molecule has 128 valence electrons. The van der Waals surface area contributed by atoms with E-state index in [2.05, 4.69) is 33.7 Å². The van der Waals surface area contributed by atoms with Gasteiger partial charge in [0.15, 0.2) is 11.0 Å². The van der Waals surface area contributed by atoms with Gasteiger partial charge in [-0.1, -0.05) is 49.2 Å². The Morgan fingerprint density at radius 1 is 1.32 bits per heavy atom. The summed E-state index contributed by atoms with van der Waals surface area (Å²) in [6.07, 6.45) is 6.71. The molecule has 1 N–H and O–H groups in total. The van der Waals surface area contributed by atoms with Gasteiger partial charge in [-0.2, -0.15) is 0 Å². The molecule has 0 fully saturated rings. The average Bonchev–Trinajstić information content (AvgIpc) is 3.04. The van der Waals surface area contributed by atoms with Crippen LogP contribution in [0, 0.1) is 0 Å². The number of nitrogens with zero attached hydrogens (tertiary/aromatic N) is 4. The molecule has 25 heavy (non-hydrogen) atoms. The van der Waals surface area contributed by atoms with Crippen molar-refractivity contribution in [1.29, 1.82) is 0 Å². The van der Waals surface area contributed by atoms with Gasteiger partial charge in [0.25, 0.3) is 0 Å². The van der Waals surface area contributed by atoms with Crippen molar-refractivity contribution in [1.82, 2.24) is 14.8 Å². The van der Waals surface area contributed by atoms with Crippen LogP contribution in [-0.4, -0.2) is 39.7 Å². The van der Waals surface area contributed by atoms with E-state index < -0.39 is 0 Å². The number of aromatic nitrogens is 3. The average molecular weight is 353 g/mol. The van der Waals surface area contributed by atoms with E-state index in [1.807, 2.05) is 30.3 Å². The lowest BCUT2D eigenvalue weighted by atomic mass is 10.2. The van der Waals surface area contributed by atoms with Gasteiger partial charge in [0.2, 0.25) is 5.91 Å². The summed E-state index contributed by atoms with van der Waals surface area (Å²) in [5.41, 5.74) is 1.52. The normalized spacial score (nSPS) is 11.5. The van der Waals surface area contributed by atoms with Gasteiger partial charge < -0.3 is 5.32 Å². The lowest BCUT2D eigenvalue weighted by Crippen LogP contribution is -2.14. The lowest BCUT2D eigenvalue weighted by molar-refractivity contribution is -0.113. The van der Waals surface area contributed by atoms with Gasteiger partial charge in [-0.05, 0) is 18.2 Å². The van der Waals surface area contributed by atoms with Crippen molar-refractivity contribution in [2.75, 3.05) is 18.1 Å². The molecule has 0 atom stereocenters. The standard InChI is InChI=1S/C18H19N5OS/c1-4-14(11-12-19-3)17-21-22-18(23(17)5-2)25-13-16(24)20-15-9-7-6-8-10-15/h4-12H,1-2,13H2,3H3,(H,20,24). The number of carbonyl (C=O) groups is 1. The highest BCUT2D eigenvalue weighted by Crippen LogP contribution is 2.22. The first-order chi connectivity index (χ1) is 12.2. The molecule has 0 spiro atoms. The predicted octanol–water partition coefficient (Wildman–Crippen LogP) is 3.38. The molecule has 0 saturated carbocycles. The van der Waals surface area contributed by atoms with Crippen molar-refractivity contribution < 1.29 is 4.79 Å². The maximum Gasteiger partial charge on any atom is 0.234 e. The van der Waals surface area contributed by atoms with Crippen LogP contribution < -0.4 is 5.32 Å².